The largest absolute Gasteiger partial charge is 0.462 e. The van der Waals surface area contributed by atoms with Crippen LogP contribution in [-0.2, 0) is 30.7 Å². The number of pyridine rings is 2. The molecule has 11 heteroatoms. The van der Waals surface area contributed by atoms with Crippen molar-refractivity contribution in [1.29, 1.82) is 0 Å². The van der Waals surface area contributed by atoms with Gasteiger partial charge in [0.15, 0.2) is 4.87 Å². The minimum Gasteiger partial charge on any atom is -0.462 e. The van der Waals surface area contributed by atoms with Gasteiger partial charge in [-0.2, -0.15) is 5.10 Å². The van der Waals surface area contributed by atoms with Crippen molar-refractivity contribution in [3.8, 4) is 5.69 Å². The van der Waals surface area contributed by atoms with Crippen LogP contribution in [0, 0.1) is 0 Å². The quantitative estimate of drug-likeness (QED) is 0.302. The minimum atomic E-state index is -4.15. The Morgan fingerprint density at radius 1 is 1.08 bits per heavy atom. The van der Waals surface area contributed by atoms with Crippen molar-refractivity contribution >= 4 is 21.6 Å². The molecule has 0 radical (unpaired) electrons. The fourth-order valence-electron chi connectivity index (χ4n) is 3.77. The molecular weight excluding hydrogens is 492 g/mol. The number of aromatic nitrogens is 4. The molecule has 0 bridgehead atoms. The summed E-state index contributed by atoms with van der Waals surface area (Å²) in [5, 5.41) is 7.09. The first-order valence-corrected chi connectivity index (χ1v) is 13.1. The van der Waals surface area contributed by atoms with Gasteiger partial charge >= 0.3 is 5.97 Å². The Morgan fingerprint density at radius 3 is 2.51 bits per heavy atom. The van der Waals surface area contributed by atoms with Crippen molar-refractivity contribution in [1.82, 2.24) is 19.7 Å². The highest BCUT2D eigenvalue weighted by molar-refractivity contribution is 7.92. The van der Waals surface area contributed by atoms with Crippen LogP contribution < -0.4 is 11.1 Å². The second-order valence-electron chi connectivity index (χ2n) is 8.68. The standard InChI is InChI=1S/C26H28N6O4S/c1-19(2)36-25(33)18-29-24-8-3-7-23(31-24)26(27,37(34,35)22-6-4-13-28-17-22)16-20-9-11-21(12-10-20)32-15-5-14-30-32/h3-15,17,19H,16,18,27H2,1-2H3,(H,29,31). The summed E-state index contributed by atoms with van der Waals surface area (Å²) in [7, 11) is -4.15. The van der Waals surface area contributed by atoms with Gasteiger partial charge in [-0.05, 0) is 61.9 Å². The highest BCUT2D eigenvalue weighted by Gasteiger charge is 2.44. The number of hydrogen-bond donors (Lipinski definition) is 2. The summed E-state index contributed by atoms with van der Waals surface area (Å²) in [5.41, 5.74) is 8.40. The van der Waals surface area contributed by atoms with Crippen molar-refractivity contribution in [2.75, 3.05) is 11.9 Å². The zero-order valence-corrected chi connectivity index (χ0v) is 21.3. The van der Waals surface area contributed by atoms with Gasteiger partial charge in [0.1, 0.15) is 12.4 Å². The lowest BCUT2D eigenvalue weighted by Crippen LogP contribution is -2.47. The molecule has 4 aromatic rings. The maximum absolute atomic E-state index is 13.9. The molecule has 0 aliphatic carbocycles. The first-order valence-electron chi connectivity index (χ1n) is 11.6. The Morgan fingerprint density at radius 2 is 1.86 bits per heavy atom. The van der Waals surface area contributed by atoms with Crippen LogP contribution in [0.3, 0.4) is 0 Å². The second-order valence-corrected chi connectivity index (χ2v) is 10.9. The number of benzene rings is 1. The maximum Gasteiger partial charge on any atom is 0.325 e. The van der Waals surface area contributed by atoms with Crippen LogP contribution in [0.4, 0.5) is 5.82 Å². The number of ether oxygens (including phenoxy) is 1. The van der Waals surface area contributed by atoms with Gasteiger partial charge in [-0.1, -0.05) is 18.2 Å². The molecule has 0 aliphatic heterocycles. The molecular formula is C26H28N6O4S. The first kappa shape index (κ1) is 26.0. The van der Waals surface area contributed by atoms with E-state index >= 15 is 0 Å². The molecule has 4 rings (SSSR count). The van der Waals surface area contributed by atoms with Gasteiger partial charge in [0.25, 0.3) is 0 Å². The van der Waals surface area contributed by atoms with Crippen LogP contribution in [-0.4, -0.2) is 46.8 Å². The summed E-state index contributed by atoms with van der Waals surface area (Å²) < 4.78 is 34.6. The Hall–Kier alpha value is -4.09. The van der Waals surface area contributed by atoms with E-state index in [1.165, 1.54) is 24.5 Å². The molecule has 0 aliphatic rings. The third-order valence-corrected chi connectivity index (χ3v) is 7.73. The molecule has 0 amide bonds. The number of nitrogens with zero attached hydrogens (tertiary/aromatic N) is 4. The number of nitrogens with two attached hydrogens (primary N) is 1. The summed E-state index contributed by atoms with van der Waals surface area (Å²) in [6.07, 6.45) is 5.93. The first-order chi connectivity index (χ1) is 17.7. The van der Waals surface area contributed by atoms with E-state index < -0.39 is 20.7 Å². The number of carbonyl (C=O) groups excluding carboxylic acids is 1. The van der Waals surface area contributed by atoms with E-state index in [4.69, 9.17) is 10.5 Å². The van der Waals surface area contributed by atoms with E-state index in [9.17, 15) is 13.2 Å². The molecule has 1 unspecified atom stereocenters. The summed E-state index contributed by atoms with van der Waals surface area (Å²) in [4.78, 5) is 18.5. The summed E-state index contributed by atoms with van der Waals surface area (Å²) in [5.74, 6) is -0.162. The van der Waals surface area contributed by atoms with Gasteiger partial charge in [-0.3, -0.25) is 9.78 Å². The fourth-order valence-corrected chi connectivity index (χ4v) is 5.39. The summed E-state index contributed by atoms with van der Waals surface area (Å²) in [6.45, 7) is 3.38. The molecule has 0 spiro atoms. The monoisotopic (exact) mass is 520 g/mol. The molecule has 37 heavy (non-hydrogen) atoms. The number of anilines is 1. The minimum absolute atomic E-state index is 0.0219. The third-order valence-electron chi connectivity index (χ3n) is 5.56. The van der Waals surface area contributed by atoms with Gasteiger partial charge < -0.3 is 15.8 Å². The molecule has 1 aromatic carbocycles. The Kier molecular flexibility index (Phi) is 7.65. The molecule has 3 heterocycles. The lowest BCUT2D eigenvalue weighted by Gasteiger charge is -2.29. The van der Waals surface area contributed by atoms with Gasteiger partial charge in [-0.15, -0.1) is 0 Å². The van der Waals surface area contributed by atoms with Gasteiger partial charge in [0.05, 0.1) is 22.4 Å². The van der Waals surface area contributed by atoms with Gasteiger partial charge in [-0.25, -0.2) is 18.1 Å². The molecule has 3 N–H and O–H groups in total. The van der Waals surface area contributed by atoms with Gasteiger partial charge in [0, 0.05) is 31.2 Å². The highest BCUT2D eigenvalue weighted by atomic mass is 32.2. The summed E-state index contributed by atoms with van der Waals surface area (Å²) >= 11 is 0. The van der Waals surface area contributed by atoms with Crippen LogP contribution in [0.25, 0.3) is 5.69 Å². The average molecular weight is 521 g/mol. The van der Waals surface area contributed by atoms with Crippen molar-refractivity contribution in [3.63, 3.8) is 0 Å². The normalized spacial score (nSPS) is 13.2. The summed E-state index contributed by atoms with van der Waals surface area (Å²) in [6, 6.07) is 16.9. The van der Waals surface area contributed by atoms with Crippen molar-refractivity contribution in [3.05, 3.63) is 96.7 Å². The third kappa shape index (κ3) is 5.84. The Labute approximate surface area is 215 Å². The average Bonchev–Trinajstić information content (AvgIpc) is 3.43. The van der Waals surface area contributed by atoms with E-state index in [-0.39, 0.29) is 29.7 Å². The number of rotatable bonds is 10. The lowest BCUT2D eigenvalue weighted by atomic mass is 10.0. The molecule has 3 aromatic heterocycles. The second kappa shape index (κ2) is 10.9. The van der Waals surface area contributed by atoms with E-state index in [1.54, 1.807) is 55.1 Å². The van der Waals surface area contributed by atoms with Crippen LogP contribution in [0.15, 0.2) is 90.3 Å². The zero-order chi connectivity index (χ0) is 26.5. The van der Waals surface area contributed by atoms with Crippen LogP contribution in [0.2, 0.25) is 0 Å². The molecule has 0 fully saturated rings. The predicted molar refractivity (Wildman–Crippen MR) is 139 cm³/mol. The fraction of sp³-hybridized carbons (Fsp3) is 0.231. The van der Waals surface area contributed by atoms with E-state index in [0.29, 0.717) is 11.4 Å². The van der Waals surface area contributed by atoms with E-state index in [2.05, 4.69) is 20.4 Å². The Balaban J connectivity index is 1.69. The van der Waals surface area contributed by atoms with Crippen molar-refractivity contribution in [2.24, 2.45) is 5.73 Å². The van der Waals surface area contributed by atoms with Crippen molar-refractivity contribution < 1.29 is 17.9 Å². The van der Waals surface area contributed by atoms with Crippen LogP contribution in [0.5, 0.6) is 0 Å². The van der Waals surface area contributed by atoms with Gasteiger partial charge in [0.2, 0.25) is 9.84 Å². The molecule has 192 valence electrons. The molecule has 0 saturated carbocycles. The maximum atomic E-state index is 13.9. The lowest BCUT2D eigenvalue weighted by molar-refractivity contribution is -0.145. The van der Waals surface area contributed by atoms with E-state index in [1.807, 2.05) is 24.4 Å². The predicted octanol–water partition coefficient (Wildman–Crippen LogP) is 2.85. The number of sulfone groups is 1. The SMILES string of the molecule is CC(C)OC(=O)CNc1cccc(C(N)(Cc2ccc(-n3cccn3)cc2)S(=O)(=O)c2cccnc2)n1. The van der Waals surface area contributed by atoms with Crippen LogP contribution >= 0.6 is 0 Å². The topological polar surface area (TPSA) is 142 Å². The zero-order valence-electron chi connectivity index (χ0n) is 20.5. The number of nitrogens with one attached hydrogen (secondary N) is 1. The number of carbonyl (C=O) groups is 1. The van der Waals surface area contributed by atoms with Crippen LogP contribution in [0.1, 0.15) is 25.1 Å². The molecule has 0 saturated heterocycles. The number of esters is 1. The highest BCUT2D eigenvalue weighted by Crippen LogP contribution is 2.34. The smallest absolute Gasteiger partial charge is 0.325 e. The molecule has 1 atom stereocenters. The number of hydrogen-bond acceptors (Lipinski definition) is 9. The van der Waals surface area contributed by atoms with Crippen molar-refractivity contribution in [2.45, 2.75) is 36.1 Å². The molecule has 10 nitrogen and oxygen atoms in total. The van der Waals surface area contributed by atoms with E-state index in [0.717, 1.165) is 5.69 Å². The Bertz CT molecular complexity index is 1440.